The summed E-state index contributed by atoms with van der Waals surface area (Å²) in [7, 11) is 0. The van der Waals surface area contributed by atoms with Gasteiger partial charge < -0.3 is 0 Å². The second-order valence-corrected chi connectivity index (χ2v) is 19.7. The number of ketones is 2. The molecule has 10 aromatic rings. The van der Waals surface area contributed by atoms with Gasteiger partial charge in [0.15, 0.2) is 23.2 Å². The highest BCUT2D eigenvalue weighted by molar-refractivity contribution is 6.40. The lowest BCUT2D eigenvalue weighted by Crippen LogP contribution is -2.25. The third-order valence-corrected chi connectivity index (χ3v) is 14.3. The van der Waals surface area contributed by atoms with Crippen LogP contribution in [-0.2, 0) is 0 Å². The maximum absolute atomic E-state index is 14.6. The number of benzene rings is 9. The Morgan fingerprint density at radius 2 is 0.795 bits per heavy atom. The molecule has 1 aliphatic heterocycles. The summed E-state index contributed by atoms with van der Waals surface area (Å²) in [6, 6.07) is 69.1. The van der Waals surface area contributed by atoms with Crippen LogP contribution in [0, 0.1) is 6.92 Å². The van der Waals surface area contributed by atoms with E-state index < -0.39 is 0 Å². The number of allylic oxidation sites excluding steroid dienone is 3. The number of hydrogen-bond donors (Lipinski definition) is 0. The van der Waals surface area contributed by atoms with Crippen molar-refractivity contribution >= 4 is 56.4 Å². The van der Waals surface area contributed by atoms with Crippen LogP contribution in [0.2, 0.25) is 0 Å². The molecule has 9 aromatic carbocycles. The van der Waals surface area contributed by atoms with Crippen LogP contribution in [0.4, 0.5) is 23.0 Å². The molecule has 0 fully saturated rings. The number of Topliss-reactive ketones (excluding diaryl/α,β-unsaturated/α-hetero) is 2. The molecule has 0 saturated carbocycles. The third-order valence-electron chi connectivity index (χ3n) is 14.3. The molecule has 1 aliphatic carbocycles. The number of rotatable bonds is 9. The van der Waals surface area contributed by atoms with Crippen LogP contribution < -0.4 is 9.80 Å². The second-order valence-electron chi connectivity index (χ2n) is 19.7. The van der Waals surface area contributed by atoms with Crippen molar-refractivity contribution in [2.75, 3.05) is 9.80 Å². The van der Waals surface area contributed by atoms with Gasteiger partial charge in [0.05, 0.1) is 28.0 Å². The van der Waals surface area contributed by atoms with Crippen molar-refractivity contribution < 1.29 is 9.59 Å². The highest BCUT2D eigenvalue weighted by Gasteiger charge is 2.42. The standard InChI is InChI=1S/C67H52N4O2/c1-41(2)52-23-16-24-53(42(3)4)62(52)70-61(36-35-54-64(72)57-39-50-21-12-13-22-51(50)40-58(57)65(54)73)71(67-66(70)68-59-25-14-15-26-60(59)69-67)63-55(48-31-27-46(28-32-48)44-17-8-6-9-18-44)37-43(5)38-56(63)49-33-29-47(30-34-49)45-19-10-7-11-20-45/h6-42H,1-5H3/b61-36+. The minimum absolute atomic E-state index is 0.110. The Morgan fingerprint density at radius 3 is 1.25 bits per heavy atom. The summed E-state index contributed by atoms with van der Waals surface area (Å²) in [5.74, 6) is 1.62. The molecule has 0 spiro atoms. The molecule has 2 heterocycles. The van der Waals surface area contributed by atoms with Crippen molar-refractivity contribution in [2.45, 2.75) is 46.5 Å². The van der Waals surface area contributed by atoms with Gasteiger partial charge in [0.2, 0.25) is 0 Å². The van der Waals surface area contributed by atoms with Crippen LogP contribution in [0.5, 0.6) is 0 Å². The van der Waals surface area contributed by atoms with E-state index in [1.54, 1.807) is 6.08 Å². The van der Waals surface area contributed by atoms with E-state index in [0.29, 0.717) is 28.6 Å². The first-order valence-electron chi connectivity index (χ1n) is 25.1. The fraction of sp³-hybridized carbons (Fsp3) is 0.104. The fourth-order valence-electron chi connectivity index (χ4n) is 10.7. The normalized spacial score (nSPS) is 13.8. The van der Waals surface area contributed by atoms with E-state index in [9.17, 15) is 9.59 Å². The van der Waals surface area contributed by atoms with Gasteiger partial charge in [-0.3, -0.25) is 19.4 Å². The van der Waals surface area contributed by atoms with Gasteiger partial charge >= 0.3 is 0 Å². The van der Waals surface area contributed by atoms with Gasteiger partial charge in [-0.2, -0.15) is 0 Å². The highest BCUT2D eigenvalue weighted by Crippen LogP contribution is 2.56. The van der Waals surface area contributed by atoms with Crippen molar-refractivity contribution in [3.05, 3.63) is 252 Å². The van der Waals surface area contributed by atoms with E-state index in [-0.39, 0.29) is 29.0 Å². The van der Waals surface area contributed by atoms with Crippen molar-refractivity contribution in [1.82, 2.24) is 9.97 Å². The van der Waals surface area contributed by atoms with E-state index in [4.69, 9.17) is 9.97 Å². The first-order valence-corrected chi connectivity index (χ1v) is 25.1. The van der Waals surface area contributed by atoms with E-state index in [0.717, 1.165) is 94.4 Å². The lowest BCUT2D eigenvalue weighted by molar-refractivity contribution is 0.0988. The largest absolute Gasteiger partial charge is 0.288 e. The molecule has 0 atom stereocenters. The van der Waals surface area contributed by atoms with Crippen molar-refractivity contribution in [3.8, 4) is 44.5 Å². The summed E-state index contributed by atoms with van der Waals surface area (Å²) in [6.07, 6.45) is 3.69. The minimum Gasteiger partial charge on any atom is -0.288 e. The molecule has 1 aromatic heterocycles. The van der Waals surface area contributed by atoms with E-state index in [1.165, 1.54) is 0 Å². The second kappa shape index (κ2) is 18.3. The molecule has 6 heteroatoms. The average molecular weight is 945 g/mol. The van der Waals surface area contributed by atoms with Crippen molar-refractivity contribution in [2.24, 2.45) is 0 Å². The lowest BCUT2D eigenvalue weighted by Gasteiger charge is -2.32. The molecule has 6 nitrogen and oxygen atoms in total. The Hall–Kier alpha value is -9.00. The van der Waals surface area contributed by atoms with E-state index in [1.807, 2.05) is 78.9 Å². The van der Waals surface area contributed by atoms with Gasteiger partial charge in [0.25, 0.3) is 0 Å². The molecule has 0 unspecified atom stereocenters. The summed E-state index contributed by atoms with van der Waals surface area (Å²) >= 11 is 0. The maximum atomic E-state index is 14.6. The minimum atomic E-state index is -0.294. The van der Waals surface area contributed by atoms with Gasteiger partial charge in [-0.1, -0.05) is 191 Å². The first kappa shape index (κ1) is 45.2. The van der Waals surface area contributed by atoms with Crippen molar-refractivity contribution in [3.63, 3.8) is 0 Å². The number of para-hydroxylation sites is 3. The summed E-state index contributed by atoms with van der Waals surface area (Å²) in [4.78, 5) is 44.9. The summed E-state index contributed by atoms with van der Waals surface area (Å²) in [6.45, 7) is 11.0. The molecule has 0 radical (unpaired) electrons. The smallest absolute Gasteiger partial charge is 0.197 e. The van der Waals surface area contributed by atoms with Crippen LogP contribution in [0.3, 0.4) is 0 Å². The molecule has 0 amide bonds. The zero-order chi connectivity index (χ0) is 49.9. The summed E-state index contributed by atoms with van der Waals surface area (Å²) < 4.78 is 0. The van der Waals surface area contributed by atoms with Gasteiger partial charge in [-0.15, -0.1) is 0 Å². The summed E-state index contributed by atoms with van der Waals surface area (Å²) in [5, 5.41) is 1.82. The zero-order valence-electron chi connectivity index (χ0n) is 41.5. The predicted octanol–water partition coefficient (Wildman–Crippen LogP) is 17.1. The fourth-order valence-corrected chi connectivity index (χ4v) is 10.7. The van der Waals surface area contributed by atoms with Gasteiger partial charge in [0, 0.05) is 22.3 Å². The van der Waals surface area contributed by atoms with Crippen LogP contribution in [0.1, 0.15) is 76.9 Å². The zero-order valence-corrected chi connectivity index (χ0v) is 41.5. The molecular formula is C67H52N4O2. The molecule has 73 heavy (non-hydrogen) atoms. The number of aromatic nitrogens is 2. The number of fused-ring (bicyclic) bond motifs is 4. The molecule has 0 N–H and O–H groups in total. The van der Waals surface area contributed by atoms with Gasteiger partial charge in [0.1, 0.15) is 5.82 Å². The Labute approximate surface area is 426 Å². The first-order chi connectivity index (χ1) is 35.6. The number of nitrogens with zero attached hydrogens (tertiary/aromatic N) is 4. The topological polar surface area (TPSA) is 66.4 Å². The SMILES string of the molecule is Cc1cc(-c2ccc(-c3ccccc3)cc2)c(N2/C(=C/C=C3C(=O)c4cc5ccccc5cc4C3=O)N(c3c(C(C)C)cccc3C(C)C)c3nc4ccccc4nc32)c(-c2ccc(-c3ccccc3)cc2)c1. The van der Waals surface area contributed by atoms with Gasteiger partial charge in [-0.05, 0) is 128 Å². The van der Waals surface area contributed by atoms with Crippen LogP contribution in [-0.4, -0.2) is 21.5 Å². The number of anilines is 4. The Bertz CT molecular complexity index is 3700. The monoisotopic (exact) mass is 944 g/mol. The Kier molecular flexibility index (Phi) is 11.3. The molecule has 12 rings (SSSR count). The molecular weight excluding hydrogens is 893 g/mol. The predicted molar refractivity (Wildman–Crippen MR) is 300 cm³/mol. The Morgan fingerprint density at radius 1 is 0.397 bits per heavy atom. The number of hydrogen-bond acceptors (Lipinski definition) is 6. The third kappa shape index (κ3) is 7.92. The quantitative estimate of drug-likeness (QED) is 0.106. The molecule has 2 aliphatic rings. The van der Waals surface area contributed by atoms with Crippen LogP contribution in [0.25, 0.3) is 66.3 Å². The Balaban J connectivity index is 1.17. The van der Waals surface area contributed by atoms with Crippen LogP contribution >= 0.6 is 0 Å². The number of aryl methyl sites for hydroxylation is 1. The molecule has 352 valence electrons. The summed E-state index contributed by atoms with van der Waals surface area (Å²) in [5.41, 5.74) is 16.2. The van der Waals surface area contributed by atoms with E-state index in [2.05, 4.69) is 172 Å². The van der Waals surface area contributed by atoms with Crippen molar-refractivity contribution in [1.29, 1.82) is 0 Å². The molecule has 0 bridgehead atoms. The maximum Gasteiger partial charge on any atom is 0.197 e. The van der Waals surface area contributed by atoms with E-state index >= 15 is 0 Å². The molecule has 0 saturated heterocycles. The lowest BCUT2D eigenvalue weighted by atomic mass is 9.91. The van der Waals surface area contributed by atoms with Gasteiger partial charge in [-0.25, -0.2) is 9.97 Å². The highest BCUT2D eigenvalue weighted by atomic mass is 16.2. The number of carbonyl (C=O) groups is 2. The number of carbonyl (C=O) groups excluding carboxylic acids is 2. The average Bonchev–Trinajstić information content (AvgIpc) is 3.85. The van der Waals surface area contributed by atoms with Crippen LogP contribution in [0.15, 0.2) is 224 Å².